The number of sulfone groups is 1. The average Bonchev–Trinajstić information content (AvgIpc) is 2.83. The number of benzene rings is 1. The van der Waals surface area contributed by atoms with Gasteiger partial charge in [-0.1, -0.05) is 17.4 Å². The van der Waals surface area contributed by atoms with E-state index < -0.39 is 26.6 Å². The van der Waals surface area contributed by atoms with Gasteiger partial charge in [-0.05, 0) is 18.2 Å². The van der Waals surface area contributed by atoms with E-state index in [4.69, 9.17) is 4.74 Å². The normalized spacial score (nSPS) is 12.3. The van der Waals surface area contributed by atoms with Gasteiger partial charge in [0.2, 0.25) is 15.0 Å². The van der Waals surface area contributed by atoms with Crippen molar-refractivity contribution in [1.29, 1.82) is 0 Å². The summed E-state index contributed by atoms with van der Waals surface area (Å²) < 4.78 is 30.8. The Morgan fingerprint density at radius 2 is 2.12 bits per heavy atom. The number of methoxy groups -OCH3 is 1. The van der Waals surface area contributed by atoms with Crippen molar-refractivity contribution in [3.8, 4) is 5.75 Å². The SMILES string of the molecule is C=CCn1c(=NC(=O)CS(=O)(=O)C(C)=O)sc2cc(OC)ccc21. The monoisotopic (exact) mass is 368 g/mol. The molecule has 0 aliphatic carbocycles. The van der Waals surface area contributed by atoms with Gasteiger partial charge in [0.15, 0.2) is 4.80 Å². The van der Waals surface area contributed by atoms with Gasteiger partial charge in [-0.2, -0.15) is 4.99 Å². The fraction of sp³-hybridized carbons (Fsp3) is 0.267. The second kappa shape index (κ2) is 7.10. The predicted octanol–water partition coefficient (Wildman–Crippen LogP) is 1.29. The second-order valence-electron chi connectivity index (χ2n) is 4.87. The number of allylic oxidation sites excluding steroid dienone is 1. The molecule has 1 heterocycles. The Bertz CT molecular complexity index is 983. The summed E-state index contributed by atoms with van der Waals surface area (Å²) in [5, 5.41) is -1.05. The predicted molar refractivity (Wildman–Crippen MR) is 91.6 cm³/mol. The van der Waals surface area contributed by atoms with Crippen LogP contribution in [-0.2, 0) is 26.0 Å². The molecule has 2 aromatic rings. The van der Waals surface area contributed by atoms with Gasteiger partial charge in [0.25, 0.3) is 5.91 Å². The highest BCUT2D eigenvalue weighted by molar-refractivity contribution is 8.06. The maximum Gasteiger partial charge on any atom is 0.264 e. The molecule has 1 aromatic carbocycles. The largest absolute Gasteiger partial charge is 0.497 e. The summed E-state index contributed by atoms with van der Waals surface area (Å²) in [7, 11) is -2.56. The van der Waals surface area contributed by atoms with Crippen LogP contribution < -0.4 is 9.54 Å². The Hall–Kier alpha value is -2.26. The minimum atomic E-state index is -4.11. The number of carbonyl (C=O) groups is 2. The van der Waals surface area contributed by atoms with Gasteiger partial charge in [-0.15, -0.1) is 6.58 Å². The van der Waals surface area contributed by atoms with E-state index in [-0.39, 0.29) is 0 Å². The Balaban J connectivity index is 2.53. The molecule has 0 aliphatic rings. The number of thiazole rings is 1. The molecule has 0 aliphatic heterocycles. The Kier molecular flexibility index (Phi) is 5.35. The lowest BCUT2D eigenvalue weighted by molar-refractivity contribution is -0.116. The van der Waals surface area contributed by atoms with E-state index in [0.29, 0.717) is 17.1 Å². The van der Waals surface area contributed by atoms with Crippen LogP contribution in [-0.4, -0.2) is 36.9 Å². The molecule has 0 radical (unpaired) electrons. The van der Waals surface area contributed by atoms with Crippen molar-refractivity contribution in [3.63, 3.8) is 0 Å². The molecule has 9 heteroatoms. The van der Waals surface area contributed by atoms with Crippen molar-refractivity contribution in [2.75, 3.05) is 12.9 Å². The number of rotatable bonds is 5. The highest BCUT2D eigenvalue weighted by Crippen LogP contribution is 2.23. The zero-order valence-corrected chi connectivity index (χ0v) is 14.8. The highest BCUT2D eigenvalue weighted by atomic mass is 32.2. The van der Waals surface area contributed by atoms with E-state index in [1.807, 2.05) is 6.07 Å². The van der Waals surface area contributed by atoms with Crippen molar-refractivity contribution < 1.29 is 22.7 Å². The molecular formula is C15H16N2O5S2. The molecule has 0 N–H and O–H groups in total. The van der Waals surface area contributed by atoms with Crippen LogP contribution in [0.25, 0.3) is 10.2 Å². The fourth-order valence-electron chi connectivity index (χ4n) is 1.97. The average molecular weight is 368 g/mol. The fourth-order valence-corrected chi connectivity index (χ4v) is 3.65. The van der Waals surface area contributed by atoms with Crippen LogP contribution in [0.15, 0.2) is 35.8 Å². The molecule has 24 heavy (non-hydrogen) atoms. The minimum absolute atomic E-state index is 0.335. The maximum atomic E-state index is 11.9. The van der Waals surface area contributed by atoms with Crippen LogP contribution >= 0.6 is 11.3 Å². The number of ether oxygens (including phenoxy) is 1. The summed E-state index contributed by atoms with van der Waals surface area (Å²) in [6.45, 7) is 4.98. The molecule has 1 amide bonds. The lowest BCUT2D eigenvalue weighted by Crippen LogP contribution is -2.23. The molecule has 0 unspecified atom stereocenters. The summed E-state index contributed by atoms with van der Waals surface area (Å²) in [4.78, 5) is 27.2. The van der Waals surface area contributed by atoms with Gasteiger partial charge in [0, 0.05) is 13.5 Å². The minimum Gasteiger partial charge on any atom is -0.497 e. The number of fused-ring (bicyclic) bond motifs is 1. The van der Waals surface area contributed by atoms with Gasteiger partial charge in [0.1, 0.15) is 11.5 Å². The van der Waals surface area contributed by atoms with Crippen LogP contribution in [0.4, 0.5) is 0 Å². The van der Waals surface area contributed by atoms with E-state index >= 15 is 0 Å². The number of nitrogens with zero attached hydrogens (tertiary/aromatic N) is 2. The Morgan fingerprint density at radius 3 is 2.71 bits per heavy atom. The van der Waals surface area contributed by atoms with Gasteiger partial charge in [-0.3, -0.25) is 9.59 Å². The van der Waals surface area contributed by atoms with E-state index in [1.165, 1.54) is 11.3 Å². The molecule has 7 nitrogen and oxygen atoms in total. The molecule has 1 aromatic heterocycles. The first-order chi connectivity index (χ1) is 11.3. The van der Waals surface area contributed by atoms with Crippen molar-refractivity contribution in [2.24, 2.45) is 4.99 Å². The van der Waals surface area contributed by atoms with Crippen molar-refractivity contribution in [3.05, 3.63) is 35.7 Å². The molecule has 0 spiro atoms. The number of carbonyl (C=O) groups excluding carboxylic acids is 2. The van der Waals surface area contributed by atoms with Crippen LogP contribution in [0.2, 0.25) is 0 Å². The van der Waals surface area contributed by atoms with Crippen LogP contribution in [0, 0.1) is 0 Å². The quantitative estimate of drug-likeness (QED) is 0.741. The van der Waals surface area contributed by atoms with Gasteiger partial charge in [-0.25, -0.2) is 8.42 Å². The lowest BCUT2D eigenvalue weighted by Gasteiger charge is -2.02. The first-order valence-electron chi connectivity index (χ1n) is 6.87. The molecule has 0 saturated carbocycles. The van der Waals surface area contributed by atoms with Gasteiger partial charge < -0.3 is 9.30 Å². The number of aromatic nitrogens is 1. The standard InChI is InChI=1S/C15H16N2O5S2/c1-4-7-17-12-6-5-11(22-3)8-13(12)23-15(17)16-14(19)9-24(20,21)10(2)18/h4-6,8H,1,7,9H2,2-3H3. The van der Waals surface area contributed by atoms with Crippen molar-refractivity contribution >= 4 is 42.4 Å². The zero-order chi connectivity index (χ0) is 17.9. The lowest BCUT2D eigenvalue weighted by atomic mass is 10.3. The summed E-state index contributed by atoms with van der Waals surface area (Å²) in [5.74, 6) is -1.17. The maximum absolute atomic E-state index is 11.9. The summed E-state index contributed by atoms with van der Waals surface area (Å²) in [5.41, 5.74) is 0.821. The molecule has 128 valence electrons. The third-order valence-corrected chi connectivity index (χ3v) is 5.72. The number of hydrogen-bond donors (Lipinski definition) is 0. The van der Waals surface area contributed by atoms with E-state index in [9.17, 15) is 18.0 Å². The van der Waals surface area contributed by atoms with Gasteiger partial charge >= 0.3 is 0 Å². The molecule has 0 fully saturated rings. The molecular weight excluding hydrogens is 352 g/mol. The second-order valence-corrected chi connectivity index (χ2v) is 7.98. The van der Waals surface area contributed by atoms with E-state index in [1.54, 1.807) is 29.9 Å². The molecule has 0 bridgehead atoms. The summed E-state index contributed by atoms with van der Waals surface area (Å²) >= 11 is 1.22. The third kappa shape index (κ3) is 3.80. The van der Waals surface area contributed by atoms with Gasteiger partial charge in [0.05, 0.1) is 17.3 Å². The topological polar surface area (TPSA) is 94.8 Å². The summed E-state index contributed by atoms with van der Waals surface area (Å²) in [6, 6.07) is 5.40. The zero-order valence-electron chi connectivity index (χ0n) is 13.2. The van der Waals surface area contributed by atoms with Crippen molar-refractivity contribution in [2.45, 2.75) is 13.5 Å². The summed E-state index contributed by atoms with van der Waals surface area (Å²) in [6.07, 6.45) is 1.65. The Morgan fingerprint density at radius 1 is 1.42 bits per heavy atom. The van der Waals surface area contributed by atoms with Crippen LogP contribution in [0.1, 0.15) is 6.92 Å². The number of amides is 1. The number of hydrogen-bond acceptors (Lipinski definition) is 6. The first-order valence-corrected chi connectivity index (χ1v) is 9.34. The smallest absolute Gasteiger partial charge is 0.264 e. The van der Waals surface area contributed by atoms with Crippen molar-refractivity contribution in [1.82, 2.24) is 4.57 Å². The molecule has 2 rings (SSSR count). The van der Waals surface area contributed by atoms with Crippen LogP contribution in [0.3, 0.4) is 0 Å². The van der Waals surface area contributed by atoms with E-state index in [0.717, 1.165) is 17.1 Å². The Labute approximate surface area is 142 Å². The molecule has 0 saturated heterocycles. The molecule has 0 atom stereocenters. The first kappa shape index (κ1) is 18.1. The highest BCUT2D eigenvalue weighted by Gasteiger charge is 2.21. The third-order valence-electron chi connectivity index (χ3n) is 3.17. The van der Waals surface area contributed by atoms with Crippen LogP contribution in [0.5, 0.6) is 5.75 Å². The van der Waals surface area contributed by atoms with E-state index in [2.05, 4.69) is 11.6 Å².